The molecule has 118 valence electrons. The maximum atomic E-state index is 12.7. The van der Waals surface area contributed by atoms with Crippen molar-refractivity contribution in [2.75, 3.05) is 6.54 Å². The van der Waals surface area contributed by atoms with E-state index in [4.69, 9.17) is 0 Å². The van der Waals surface area contributed by atoms with Gasteiger partial charge in [-0.1, -0.05) is 30.3 Å². The Morgan fingerprint density at radius 2 is 1.96 bits per heavy atom. The molecule has 23 heavy (non-hydrogen) atoms. The van der Waals surface area contributed by atoms with E-state index in [-0.39, 0.29) is 12.3 Å². The topological polar surface area (TPSA) is 66.5 Å². The summed E-state index contributed by atoms with van der Waals surface area (Å²) in [7, 11) is 0. The first-order chi connectivity index (χ1) is 10.9. The molecule has 0 unspecified atom stereocenters. The van der Waals surface area contributed by atoms with E-state index in [0.717, 1.165) is 15.3 Å². The van der Waals surface area contributed by atoms with Crippen molar-refractivity contribution in [1.29, 1.82) is 0 Å². The van der Waals surface area contributed by atoms with Gasteiger partial charge < -0.3 is 5.32 Å². The minimum absolute atomic E-state index is 0.248. The molecule has 1 aliphatic rings. The normalized spacial score (nSPS) is 20.7. The molecule has 1 saturated heterocycles. The Labute approximate surface area is 137 Å². The highest BCUT2D eigenvalue weighted by atomic mass is 32.1. The van der Waals surface area contributed by atoms with E-state index in [9.17, 15) is 14.4 Å². The van der Waals surface area contributed by atoms with Crippen LogP contribution in [-0.4, -0.2) is 29.2 Å². The summed E-state index contributed by atoms with van der Waals surface area (Å²) >= 11 is 1.40. The number of urea groups is 1. The smallest absolute Gasteiger partial charge is 0.319 e. The molecule has 1 atom stereocenters. The maximum absolute atomic E-state index is 12.7. The summed E-state index contributed by atoms with van der Waals surface area (Å²) in [5.74, 6) is -0.645. The number of imide groups is 1. The first-order valence-corrected chi connectivity index (χ1v) is 8.08. The third kappa shape index (κ3) is 2.55. The minimum Gasteiger partial charge on any atom is -0.319 e. The van der Waals surface area contributed by atoms with Gasteiger partial charge in [0.1, 0.15) is 0 Å². The van der Waals surface area contributed by atoms with Crippen LogP contribution in [0.2, 0.25) is 0 Å². The van der Waals surface area contributed by atoms with Gasteiger partial charge in [-0.25, -0.2) is 4.79 Å². The Hall–Kier alpha value is -2.47. The fourth-order valence-corrected chi connectivity index (χ4v) is 3.52. The quantitative estimate of drug-likeness (QED) is 0.693. The van der Waals surface area contributed by atoms with Crippen LogP contribution in [0.4, 0.5) is 4.79 Å². The van der Waals surface area contributed by atoms with E-state index in [2.05, 4.69) is 5.32 Å². The molecule has 1 aromatic carbocycles. The molecule has 3 rings (SSSR count). The molecular weight excluding hydrogens is 312 g/mol. The largest absolute Gasteiger partial charge is 0.325 e. The predicted molar refractivity (Wildman–Crippen MR) is 87.4 cm³/mol. The van der Waals surface area contributed by atoms with Crippen molar-refractivity contribution < 1.29 is 14.4 Å². The average Bonchev–Trinajstić information content (AvgIpc) is 3.12. The van der Waals surface area contributed by atoms with Crippen molar-refractivity contribution in [3.05, 3.63) is 57.8 Å². The van der Waals surface area contributed by atoms with Crippen LogP contribution in [-0.2, 0) is 10.3 Å². The fraction of sp³-hybridized carbons (Fsp3) is 0.235. The monoisotopic (exact) mass is 328 g/mol. The zero-order valence-corrected chi connectivity index (χ0v) is 13.6. The Balaban J connectivity index is 1.84. The van der Waals surface area contributed by atoms with Crippen molar-refractivity contribution >= 4 is 29.1 Å². The molecular formula is C17H16N2O3S. The highest BCUT2D eigenvalue weighted by Crippen LogP contribution is 2.31. The Morgan fingerprint density at radius 3 is 2.61 bits per heavy atom. The summed E-state index contributed by atoms with van der Waals surface area (Å²) in [5.41, 5.74) is 0.250. The van der Waals surface area contributed by atoms with Crippen molar-refractivity contribution in [1.82, 2.24) is 10.2 Å². The molecule has 1 N–H and O–H groups in total. The summed E-state index contributed by atoms with van der Waals surface area (Å²) < 4.78 is 0. The van der Waals surface area contributed by atoms with Crippen molar-refractivity contribution in [3.63, 3.8) is 0 Å². The molecule has 3 amide bonds. The molecule has 6 heteroatoms. The third-order valence-electron chi connectivity index (χ3n) is 4.04. The highest BCUT2D eigenvalue weighted by Gasteiger charge is 2.50. The predicted octanol–water partition coefficient (Wildman–Crippen LogP) is 2.71. The van der Waals surface area contributed by atoms with Crippen molar-refractivity contribution in [2.45, 2.75) is 19.4 Å². The summed E-state index contributed by atoms with van der Waals surface area (Å²) in [6.07, 6.45) is 0. The van der Waals surface area contributed by atoms with Gasteiger partial charge in [0, 0.05) is 10.4 Å². The van der Waals surface area contributed by atoms with E-state index in [0.29, 0.717) is 5.56 Å². The molecule has 0 aliphatic carbocycles. The molecule has 0 bridgehead atoms. The van der Waals surface area contributed by atoms with Gasteiger partial charge in [0.15, 0.2) is 11.3 Å². The summed E-state index contributed by atoms with van der Waals surface area (Å²) in [4.78, 5) is 39.1. The molecule has 0 saturated carbocycles. The Morgan fingerprint density at radius 1 is 1.22 bits per heavy atom. The number of thiophene rings is 1. The van der Waals surface area contributed by atoms with Gasteiger partial charge in [-0.15, -0.1) is 11.3 Å². The van der Waals surface area contributed by atoms with Crippen LogP contribution < -0.4 is 5.32 Å². The van der Waals surface area contributed by atoms with Gasteiger partial charge in [0.05, 0.1) is 6.54 Å². The number of rotatable bonds is 4. The minimum atomic E-state index is -1.10. The van der Waals surface area contributed by atoms with Crippen molar-refractivity contribution in [3.8, 4) is 0 Å². The van der Waals surface area contributed by atoms with Crippen LogP contribution in [0, 0.1) is 6.92 Å². The molecule has 5 nitrogen and oxygen atoms in total. The van der Waals surface area contributed by atoms with Gasteiger partial charge in [0.2, 0.25) is 0 Å². The number of nitrogens with zero attached hydrogens (tertiary/aromatic N) is 1. The zero-order valence-electron chi connectivity index (χ0n) is 12.8. The SMILES string of the molecule is Cc1ccccc1C(=O)CN1C(=O)N[C@](C)(c2cccs2)C1=O. The first kappa shape index (κ1) is 15.4. The second kappa shape index (κ2) is 5.62. The van der Waals surface area contributed by atoms with Crippen LogP contribution in [0.1, 0.15) is 27.7 Å². The molecule has 0 radical (unpaired) electrons. The molecule has 1 fully saturated rings. The molecule has 1 aromatic heterocycles. The van der Waals surface area contributed by atoms with Crippen LogP contribution in [0.3, 0.4) is 0 Å². The van der Waals surface area contributed by atoms with E-state index in [1.165, 1.54) is 11.3 Å². The van der Waals surface area contributed by atoms with Gasteiger partial charge in [-0.2, -0.15) is 0 Å². The number of benzene rings is 1. The lowest BCUT2D eigenvalue weighted by atomic mass is 10.00. The number of hydrogen-bond donors (Lipinski definition) is 1. The van der Waals surface area contributed by atoms with E-state index < -0.39 is 17.5 Å². The summed E-state index contributed by atoms with van der Waals surface area (Å²) in [5, 5.41) is 4.55. The second-order valence-corrected chi connectivity index (χ2v) is 6.61. The maximum Gasteiger partial charge on any atom is 0.325 e. The lowest BCUT2D eigenvalue weighted by Gasteiger charge is -2.20. The number of amides is 3. The van der Waals surface area contributed by atoms with Crippen LogP contribution in [0.15, 0.2) is 41.8 Å². The molecule has 0 spiro atoms. The number of hydrogen-bond acceptors (Lipinski definition) is 4. The number of aryl methyl sites for hydroxylation is 1. The molecule has 2 heterocycles. The Kier molecular flexibility index (Phi) is 3.77. The lowest BCUT2D eigenvalue weighted by molar-refractivity contribution is -0.130. The van der Waals surface area contributed by atoms with E-state index in [1.54, 1.807) is 25.1 Å². The summed E-state index contributed by atoms with van der Waals surface area (Å²) in [6.45, 7) is 3.24. The van der Waals surface area contributed by atoms with Gasteiger partial charge in [-0.3, -0.25) is 14.5 Å². The van der Waals surface area contributed by atoms with E-state index >= 15 is 0 Å². The number of Topliss-reactive ketones (excluding diaryl/α,β-unsaturated/α-hetero) is 1. The van der Waals surface area contributed by atoms with Crippen LogP contribution in [0.5, 0.6) is 0 Å². The average molecular weight is 328 g/mol. The van der Waals surface area contributed by atoms with Crippen molar-refractivity contribution in [2.24, 2.45) is 0 Å². The van der Waals surface area contributed by atoms with Gasteiger partial charge in [-0.05, 0) is 30.9 Å². The molecule has 2 aromatic rings. The number of nitrogens with one attached hydrogen (secondary N) is 1. The van der Waals surface area contributed by atoms with Crippen LogP contribution in [0.25, 0.3) is 0 Å². The second-order valence-electron chi connectivity index (χ2n) is 5.66. The number of carbonyl (C=O) groups excluding carboxylic acids is 3. The van der Waals surface area contributed by atoms with Gasteiger partial charge >= 0.3 is 6.03 Å². The molecule has 1 aliphatic heterocycles. The van der Waals surface area contributed by atoms with Crippen LogP contribution >= 0.6 is 11.3 Å². The number of ketones is 1. The third-order valence-corrected chi connectivity index (χ3v) is 5.13. The first-order valence-electron chi connectivity index (χ1n) is 7.20. The Bertz CT molecular complexity index is 785. The number of carbonyl (C=O) groups is 3. The highest BCUT2D eigenvalue weighted by molar-refractivity contribution is 7.10. The van der Waals surface area contributed by atoms with Gasteiger partial charge in [0.25, 0.3) is 5.91 Å². The lowest BCUT2D eigenvalue weighted by Crippen LogP contribution is -2.40. The fourth-order valence-electron chi connectivity index (χ4n) is 2.69. The summed E-state index contributed by atoms with van der Waals surface area (Å²) in [6, 6.07) is 10.2. The van der Waals surface area contributed by atoms with E-state index in [1.807, 2.05) is 30.5 Å². The zero-order chi connectivity index (χ0) is 16.6. The standard InChI is InChI=1S/C17H16N2O3S/c1-11-6-3-4-7-12(11)13(20)10-19-15(21)17(2,18-16(19)22)14-8-5-9-23-14/h3-9H,10H2,1-2H3,(H,18,22)/t17-/m1/s1.